The third kappa shape index (κ3) is 6.08. The fourth-order valence-corrected chi connectivity index (χ4v) is 11.9. The van der Waals surface area contributed by atoms with E-state index in [1.165, 1.54) is 97.6 Å². The summed E-state index contributed by atoms with van der Waals surface area (Å²) in [5.41, 5.74) is 16.7. The summed E-state index contributed by atoms with van der Waals surface area (Å²) >= 11 is 1.90. The summed E-state index contributed by atoms with van der Waals surface area (Å²) in [4.78, 5) is 2.65. The average molecular weight is 861 g/mol. The van der Waals surface area contributed by atoms with Gasteiger partial charge >= 0.3 is 0 Å². The summed E-state index contributed by atoms with van der Waals surface area (Å²) in [6.45, 7) is 20.8. The smallest absolute Gasteiger partial charge is 0.256 e. The summed E-state index contributed by atoms with van der Waals surface area (Å²) in [5.74, 6) is 1.89. The maximum absolute atomic E-state index is 7.27. The second-order valence-corrected chi connectivity index (χ2v) is 22.4. The van der Waals surface area contributed by atoms with E-state index in [9.17, 15) is 0 Å². The van der Waals surface area contributed by atoms with Gasteiger partial charge in [-0.3, -0.25) is 0 Å². The Bertz CT molecular complexity index is 3550. The number of fused-ring (bicyclic) bond motifs is 10. The Morgan fingerprint density at radius 2 is 1.00 bits per heavy atom. The van der Waals surface area contributed by atoms with E-state index in [2.05, 4.69) is 230 Å². The lowest BCUT2D eigenvalue weighted by Gasteiger charge is -2.43. The fourth-order valence-electron chi connectivity index (χ4n) is 10.7. The molecule has 2 aliphatic heterocycles. The maximum atomic E-state index is 7.27. The third-order valence-corrected chi connectivity index (χ3v) is 15.3. The minimum Gasteiger partial charge on any atom is -0.458 e. The van der Waals surface area contributed by atoms with Gasteiger partial charge in [0.25, 0.3) is 6.71 Å². The van der Waals surface area contributed by atoms with Gasteiger partial charge in [0.15, 0.2) is 0 Å². The van der Waals surface area contributed by atoms with E-state index in [-0.39, 0.29) is 23.0 Å². The molecule has 0 saturated carbocycles. The Hall–Kier alpha value is -6.56. The highest BCUT2D eigenvalue weighted by molar-refractivity contribution is 7.26. The Morgan fingerprint density at radius 1 is 0.446 bits per heavy atom. The zero-order valence-electron chi connectivity index (χ0n) is 38.8. The molecule has 0 unspecified atom stereocenters. The van der Waals surface area contributed by atoms with Crippen LogP contribution >= 0.6 is 11.3 Å². The van der Waals surface area contributed by atoms with E-state index in [4.69, 9.17) is 4.74 Å². The highest BCUT2D eigenvalue weighted by atomic mass is 32.1. The van der Waals surface area contributed by atoms with Crippen molar-refractivity contribution < 1.29 is 4.74 Å². The topological polar surface area (TPSA) is 17.4 Å². The van der Waals surface area contributed by atoms with Gasteiger partial charge in [-0.15, -0.1) is 11.3 Å². The molecular weight excluding hydrogens is 808 g/mol. The molecule has 0 radical (unpaired) electrons. The van der Waals surface area contributed by atoms with Crippen LogP contribution in [-0.2, 0) is 16.2 Å². The van der Waals surface area contributed by atoms with Crippen LogP contribution in [0.4, 0.5) is 17.1 Å². The monoisotopic (exact) mass is 860 g/mol. The van der Waals surface area contributed by atoms with Crippen molar-refractivity contribution in [3.63, 3.8) is 0 Å². The van der Waals surface area contributed by atoms with Gasteiger partial charge in [0.1, 0.15) is 11.5 Å². The van der Waals surface area contributed by atoms with Crippen molar-refractivity contribution in [2.24, 2.45) is 0 Å². The number of ether oxygens (including phenoxy) is 1. The molecule has 0 saturated heterocycles. The van der Waals surface area contributed by atoms with Gasteiger partial charge < -0.3 is 14.2 Å². The predicted molar refractivity (Wildman–Crippen MR) is 281 cm³/mol. The SMILES string of the molecule is CC(C)(C)c1ccc2c(c1)Oc1cc(C(C)(C)C)cc3c1B2c1ccc(C(C)(C)C)cc1N3c1c(-c2cccc3c2sc2ccccc23)cccc1-n1c2ccccc2c2ccccc21. The number of nitrogens with zero attached hydrogens (tertiary/aromatic N) is 2. The second-order valence-electron chi connectivity index (χ2n) is 21.4. The first-order valence-electron chi connectivity index (χ1n) is 23.1. The first-order chi connectivity index (χ1) is 31.1. The lowest BCUT2D eigenvalue weighted by Crippen LogP contribution is -2.59. The number of anilines is 3. The van der Waals surface area contributed by atoms with E-state index in [0.717, 1.165) is 22.9 Å². The molecule has 4 heterocycles. The largest absolute Gasteiger partial charge is 0.458 e. The molecule has 8 aromatic carbocycles. The first-order valence-corrected chi connectivity index (χ1v) is 23.9. The van der Waals surface area contributed by atoms with Gasteiger partial charge in [-0.1, -0.05) is 172 Å². The van der Waals surface area contributed by atoms with Crippen molar-refractivity contribution in [3.05, 3.63) is 174 Å². The highest BCUT2D eigenvalue weighted by Crippen LogP contribution is 2.52. The zero-order chi connectivity index (χ0) is 44.7. The van der Waals surface area contributed by atoms with Crippen molar-refractivity contribution in [2.75, 3.05) is 4.90 Å². The second kappa shape index (κ2) is 14.0. The molecule has 10 aromatic rings. The van der Waals surface area contributed by atoms with Crippen LogP contribution in [0.5, 0.6) is 11.5 Å². The number of aromatic nitrogens is 1. The number of hydrogen-bond donors (Lipinski definition) is 0. The summed E-state index contributed by atoms with van der Waals surface area (Å²) in [5, 5.41) is 5.07. The van der Waals surface area contributed by atoms with Gasteiger partial charge in [-0.05, 0) is 97.9 Å². The van der Waals surface area contributed by atoms with E-state index in [1.54, 1.807) is 0 Å². The molecule has 2 aromatic heterocycles. The number of hydrogen-bond acceptors (Lipinski definition) is 3. The van der Waals surface area contributed by atoms with Crippen LogP contribution < -0.4 is 26.0 Å². The van der Waals surface area contributed by atoms with Gasteiger partial charge in [-0.25, -0.2) is 0 Å². The number of rotatable bonds is 3. The number of para-hydroxylation sites is 3. The van der Waals surface area contributed by atoms with Crippen LogP contribution in [-0.4, -0.2) is 11.3 Å². The zero-order valence-corrected chi connectivity index (χ0v) is 39.6. The number of benzene rings is 8. The van der Waals surface area contributed by atoms with E-state index in [1.807, 2.05) is 11.3 Å². The minimum absolute atomic E-state index is 0.0237. The molecule has 2 aliphatic rings. The summed E-state index contributed by atoms with van der Waals surface area (Å²) < 4.78 is 12.4. The normalized spacial score (nSPS) is 13.7. The first kappa shape index (κ1) is 40.0. The van der Waals surface area contributed by atoms with Crippen LogP contribution in [0.25, 0.3) is 58.8 Å². The van der Waals surface area contributed by atoms with E-state index < -0.39 is 0 Å². The third-order valence-electron chi connectivity index (χ3n) is 14.1. The predicted octanol–water partition coefficient (Wildman–Crippen LogP) is 15.1. The van der Waals surface area contributed by atoms with Gasteiger partial charge in [0, 0.05) is 53.4 Å². The van der Waals surface area contributed by atoms with Crippen LogP contribution in [0.3, 0.4) is 0 Å². The molecular formula is C60H53BN2OS. The summed E-state index contributed by atoms with van der Waals surface area (Å²) in [6, 6.07) is 59.7. The molecule has 5 heteroatoms. The van der Waals surface area contributed by atoms with Gasteiger partial charge in [-0.2, -0.15) is 0 Å². The molecule has 0 bridgehead atoms. The van der Waals surface area contributed by atoms with Crippen LogP contribution in [0, 0.1) is 0 Å². The van der Waals surface area contributed by atoms with Crippen molar-refractivity contribution in [2.45, 2.75) is 78.6 Å². The molecule has 0 amide bonds. The van der Waals surface area contributed by atoms with Gasteiger partial charge in [0.05, 0.1) is 22.4 Å². The summed E-state index contributed by atoms with van der Waals surface area (Å²) in [6.07, 6.45) is 0. The highest BCUT2D eigenvalue weighted by Gasteiger charge is 2.44. The maximum Gasteiger partial charge on any atom is 0.256 e. The average Bonchev–Trinajstić information content (AvgIpc) is 3.83. The van der Waals surface area contributed by atoms with E-state index >= 15 is 0 Å². The molecule has 3 nitrogen and oxygen atoms in total. The van der Waals surface area contributed by atoms with Crippen molar-refractivity contribution in [3.8, 4) is 28.3 Å². The molecule has 65 heavy (non-hydrogen) atoms. The Labute approximate surface area is 387 Å². The Balaban J connectivity index is 1.26. The Morgan fingerprint density at radius 3 is 1.69 bits per heavy atom. The summed E-state index contributed by atoms with van der Waals surface area (Å²) in [7, 11) is 0. The van der Waals surface area contributed by atoms with Crippen LogP contribution in [0.15, 0.2) is 158 Å². The molecule has 0 aliphatic carbocycles. The number of thiophene rings is 1. The lowest BCUT2D eigenvalue weighted by atomic mass is 9.34. The Kier molecular flexibility index (Phi) is 8.60. The van der Waals surface area contributed by atoms with Crippen LogP contribution in [0.1, 0.15) is 79.0 Å². The molecule has 0 spiro atoms. The van der Waals surface area contributed by atoms with E-state index in [0.29, 0.717) is 0 Å². The minimum atomic E-state index is -0.158. The molecule has 0 atom stereocenters. The lowest BCUT2D eigenvalue weighted by molar-refractivity contribution is 0.479. The molecule has 0 N–H and O–H groups in total. The van der Waals surface area contributed by atoms with Crippen molar-refractivity contribution in [1.82, 2.24) is 4.57 Å². The fraction of sp³-hybridized carbons (Fsp3) is 0.200. The van der Waals surface area contributed by atoms with Crippen molar-refractivity contribution >= 4 is 93.5 Å². The molecule has 12 rings (SSSR count). The van der Waals surface area contributed by atoms with Crippen LogP contribution in [0.2, 0.25) is 0 Å². The molecule has 0 fully saturated rings. The van der Waals surface area contributed by atoms with Crippen molar-refractivity contribution in [1.29, 1.82) is 0 Å². The standard InChI is InChI=1S/C60H53BN2OS/c1-58(2,3)36-28-30-45-50(32-36)63(51-33-38(60(7,8)9)35-53-55(51)61(45)46-31-29-37(59(4,5)6)34-52(46)64-53)56-42(44-23-16-22-43-41-20-12-15-27-54(41)65-57(43)44)21-17-26-49(56)62-47-24-13-10-18-39(47)40-19-11-14-25-48(40)62/h10-35H,1-9H3. The van der Waals surface area contributed by atoms with Gasteiger partial charge in [0.2, 0.25) is 0 Å². The molecule has 318 valence electrons. The quantitative estimate of drug-likeness (QED) is 0.165.